The van der Waals surface area contributed by atoms with E-state index in [0.29, 0.717) is 18.1 Å². The molecule has 4 rings (SSSR count). The van der Waals surface area contributed by atoms with Gasteiger partial charge in [-0.2, -0.15) is 0 Å². The van der Waals surface area contributed by atoms with Gasteiger partial charge >= 0.3 is 0 Å². The number of allylic oxidation sites excluding steroid dienone is 2. The zero-order valence-corrected chi connectivity index (χ0v) is 13.5. The fourth-order valence-corrected chi connectivity index (χ4v) is 4.79. The van der Waals surface area contributed by atoms with E-state index in [1.165, 1.54) is 16.7 Å². The molecule has 1 N–H and O–H groups in total. The second kappa shape index (κ2) is 4.95. The van der Waals surface area contributed by atoms with E-state index in [0.717, 1.165) is 25.0 Å². The molecule has 0 heterocycles. The summed E-state index contributed by atoms with van der Waals surface area (Å²) >= 11 is 0. The van der Waals surface area contributed by atoms with E-state index in [-0.39, 0.29) is 11.7 Å². The van der Waals surface area contributed by atoms with Gasteiger partial charge < -0.3 is 9.94 Å². The van der Waals surface area contributed by atoms with Crippen molar-refractivity contribution in [2.24, 2.45) is 16.5 Å². The molecule has 0 radical (unpaired) electrons. The first-order valence-electron chi connectivity index (χ1n) is 8.21. The summed E-state index contributed by atoms with van der Waals surface area (Å²) in [6.45, 7) is 2.04. The summed E-state index contributed by atoms with van der Waals surface area (Å²) in [6, 6.07) is 6.32. The third kappa shape index (κ3) is 1.90. The fraction of sp³-hybridized carbons (Fsp3) is 0.474. The smallest absolute Gasteiger partial charge is 0.186 e. The summed E-state index contributed by atoms with van der Waals surface area (Å²) in [5.74, 6) is 1.49. The van der Waals surface area contributed by atoms with Gasteiger partial charge in [-0.15, -0.1) is 0 Å². The van der Waals surface area contributed by atoms with E-state index in [4.69, 9.17) is 9.94 Å². The molecule has 23 heavy (non-hydrogen) atoms. The number of nitrogens with zero attached hydrogens (tertiary/aromatic N) is 1. The highest BCUT2D eigenvalue weighted by Crippen LogP contribution is 2.57. The molecule has 3 aliphatic carbocycles. The number of fused-ring (bicyclic) bond motifs is 5. The molecule has 0 spiro atoms. The van der Waals surface area contributed by atoms with E-state index in [1.54, 1.807) is 7.11 Å². The van der Waals surface area contributed by atoms with Gasteiger partial charge in [-0.1, -0.05) is 29.8 Å². The van der Waals surface area contributed by atoms with E-state index >= 15 is 0 Å². The van der Waals surface area contributed by atoms with E-state index < -0.39 is 5.41 Å². The normalized spacial score (nSPS) is 33.7. The second-order valence-electron chi connectivity index (χ2n) is 7.11. The Morgan fingerprint density at radius 1 is 1.39 bits per heavy atom. The monoisotopic (exact) mass is 311 g/mol. The van der Waals surface area contributed by atoms with Crippen LogP contribution in [0.25, 0.3) is 0 Å². The van der Waals surface area contributed by atoms with Crippen LogP contribution in [0, 0.1) is 11.3 Å². The minimum atomic E-state index is -0.395. The molecule has 120 valence electrons. The number of carbonyl (C=O) groups excluding carboxylic acids is 1. The third-order valence-electron chi connectivity index (χ3n) is 6.11. The molecule has 1 aromatic rings. The van der Waals surface area contributed by atoms with Crippen LogP contribution in [0.5, 0.6) is 5.75 Å². The third-order valence-corrected chi connectivity index (χ3v) is 6.11. The lowest BCUT2D eigenvalue weighted by atomic mass is 9.60. The minimum absolute atomic E-state index is 0.0323. The molecule has 4 heteroatoms. The average molecular weight is 311 g/mol. The number of benzene rings is 1. The Kier molecular flexibility index (Phi) is 3.12. The van der Waals surface area contributed by atoms with Crippen molar-refractivity contribution in [1.29, 1.82) is 0 Å². The Morgan fingerprint density at radius 3 is 2.96 bits per heavy atom. The van der Waals surface area contributed by atoms with Gasteiger partial charge in [0, 0.05) is 17.8 Å². The topological polar surface area (TPSA) is 58.9 Å². The number of hydrogen-bond donors (Lipinski definition) is 1. The van der Waals surface area contributed by atoms with Gasteiger partial charge in [0.15, 0.2) is 5.78 Å². The van der Waals surface area contributed by atoms with Crippen LogP contribution in [0.1, 0.15) is 43.2 Å². The highest BCUT2D eigenvalue weighted by molar-refractivity contribution is 6.43. The first kappa shape index (κ1) is 14.5. The average Bonchev–Trinajstić information content (AvgIpc) is 2.85. The van der Waals surface area contributed by atoms with Crippen molar-refractivity contribution < 1.29 is 14.7 Å². The number of oxime groups is 1. The van der Waals surface area contributed by atoms with Crippen molar-refractivity contribution in [3.63, 3.8) is 0 Å². The number of methoxy groups -OCH3 is 1. The lowest BCUT2D eigenvalue weighted by molar-refractivity contribution is -0.122. The lowest BCUT2D eigenvalue weighted by Gasteiger charge is -2.43. The van der Waals surface area contributed by atoms with Gasteiger partial charge in [-0.3, -0.25) is 4.79 Å². The van der Waals surface area contributed by atoms with E-state index in [2.05, 4.69) is 23.4 Å². The van der Waals surface area contributed by atoms with Gasteiger partial charge in [-0.25, -0.2) is 0 Å². The number of Topliss-reactive ketones (excluding diaryl/α,β-unsaturated/α-hetero) is 1. The zero-order chi connectivity index (χ0) is 16.2. The van der Waals surface area contributed by atoms with Gasteiger partial charge in [0.25, 0.3) is 0 Å². The molecule has 0 unspecified atom stereocenters. The van der Waals surface area contributed by atoms with Crippen molar-refractivity contribution >= 4 is 11.5 Å². The zero-order valence-electron chi connectivity index (χ0n) is 13.5. The van der Waals surface area contributed by atoms with Crippen molar-refractivity contribution in [2.45, 2.75) is 38.5 Å². The number of carbonyl (C=O) groups is 1. The van der Waals surface area contributed by atoms with Crippen LogP contribution < -0.4 is 4.74 Å². The predicted molar refractivity (Wildman–Crippen MR) is 87.2 cm³/mol. The maximum atomic E-state index is 12.6. The van der Waals surface area contributed by atoms with E-state index in [1.807, 2.05) is 13.0 Å². The molecule has 3 aliphatic rings. The summed E-state index contributed by atoms with van der Waals surface area (Å²) in [5, 5.41) is 12.4. The van der Waals surface area contributed by atoms with Crippen LogP contribution in [-0.4, -0.2) is 23.8 Å². The molecule has 3 atom stereocenters. The molecule has 0 aromatic heterocycles. The molecule has 0 bridgehead atoms. The maximum Gasteiger partial charge on any atom is 0.186 e. The Balaban J connectivity index is 1.75. The maximum absolute atomic E-state index is 12.6. The van der Waals surface area contributed by atoms with Crippen LogP contribution in [0.15, 0.2) is 35.0 Å². The Hall–Kier alpha value is -2.10. The molecular formula is C19H21NO3. The van der Waals surface area contributed by atoms with Crippen LogP contribution in [0.4, 0.5) is 0 Å². The number of hydrogen-bond acceptors (Lipinski definition) is 4. The van der Waals surface area contributed by atoms with Gasteiger partial charge in [0.2, 0.25) is 0 Å². The van der Waals surface area contributed by atoms with Crippen LogP contribution >= 0.6 is 0 Å². The van der Waals surface area contributed by atoms with Crippen molar-refractivity contribution in [3.05, 3.63) is 41.0 Å². The van der Waals surface area contributed by atoms with Crippen molar-refractivity contribution in [2.75, 3.05) is 7.11 Å². The number of ether oxygens (including phenoxy) is 1. The van der Waals surface area contributed by atoms with Gasteiger partial charge in [0.1, 0.15) is 11.5 Å². The minimum Gasteiger partial charge on any atom is -0.497 e. The van der Waals surface area contributed by atoms with Crippen molar-refractivity contribution in [1.82, 2.24) is 0 Å². The van der Waals surface area contributed by atoms with Crippen LogP contribution in [-0.2, 0) is 11.2 Å². The standard InChI is InChI=1S/C19H21NO3/c1-19-8-7-14-13-6-4-12(23-2)9-11(13)3-5-15(14)16(19)10-17(20-22)18(19)21/h4-6,9,14,16,22H,3,7-8,10H2,1-2H3/b20-17-/t14-,16+,19-/m1/s1. The fourth-order valence-electron chi connectivity index (χ4n) is 4.79. The predicted octanol–water partition coefficient (Wildman–Crippen LogP) is 3.48. The Bertz CT molecular complexity index is 749. The highest BCUT2D eigenvalue weighted by Gasteiger charge is 2.55. The van der Waals surface area contributed by atoms with Crippen LogP contribution in [0.2, 0.25) is 0 Å². The van der Waals surface area contributed by atoms with Crippen molar-refractivity contribution in [3.8, 4) is 5.75 Å². The largest absolute Gasteiger partial charge is 0.497 e. The van der Waals surface area contributed by atoms with Crippen LogP contribution in [0.3, 0.4) is 0 Å². The summed E-state index contributed by atoms with van der Waals surface area (Å²) in [5.41, 5.74) is 4.01. The summed E-state index contributed by atoms with van der Waals surface area (Å²) < 4.78 is 5.34. The van der Waals surface area contributed by atoms with Gasteiger partial charge in [-0.05, 0) is 48.4 Å². The first-order valence-corrected chi connectivity index (χ1v) is 8.21. The molecule has 0 amide bonds. The SMILES string of the molecule is COc1ccc2c(c1)CC=C1[C@@H]2CC[C@@]2(C)C(=O)/C(=N\O)C[C@@H]12. The highest BCUT2D eigenvalue weighted by atomic mass is 16.5. The van der Waals surface area contributed by atoms with Gasteiger partial charge in [0.05, 0.1) is 7.11 Å². The first-order chi connectivity index (χ1) is 11.1. The quantitative estimate of drug-likeness (QED) is 0.491. The molecule has 2 saturated carbocycles. The molecule has 0 aliphatic heterocycles. The molecule has 2 fully saturated rings. The Morgan fingerprint density at radius 2 is 2.22 bits per heavy atom. The molecule has 4 nitrogen and oxygen atoms in total. The lowest BCUT2D eigenvalue weighted by Crippen LogP contribution is -2.37. The number of rotatable bonds is 1. The van der Waals surface area contributed by atoms with E-state index in [9.17, 15) is 4.79 Å². The summed E-state index contributed by atoms with van der Waals surface area (Å²) in [6.07, 6.45) is 5.57. The summed E-state index contributed by atoms with van der Waals surface area (Å²) in [4.78, 5) is 12.6. The number of ketones is 1. The molecule has 1 aromatic carbocycles. The summed E-state index contributed by atoms with van der Waals surface area (Å²) in [7, 11) is 1.69. The Labute approximate surface area is 135 Å². The second-order valence-corrected chi connectivity index (χ2v) is 7.11. The molecule has 0 saturated heterocycles. The molecular weight excluding hydrogens is 290 g/mol.